The van der Waals surface area contributed by atoms with Gasteiger partial charge in [0.2, 0.25) is 17.1 Å². The van der Waals surface area contributed by atoms with Gasteiger partial charge in [-0.05, 0) is 42.0 Å². The van der Waals surface area contributed by atoms with Crippen LogP contribution in [0.4, 0.5) is 19.9 Å². The molecule has 2 N–H and O–H groups in total. The van der Waals surface area contributed by atoms with Crippen molar-refractivity contribution in [2.24, 2.45) is 0 Å². The summed E-state index contributed by atoms with van der Waals surface area (Å²) in [7, 11) is 2.35. The molecule has 12 heteroatoms. The smallest absolute Gasteiger partial charge is 0.241 e. The second-order valence-corrected chi connectivity index (χ2v) is 7.10. The van der Waals surface area contributed by atoms with Gasteiger partial charge in [0.1, 0.15) is 12.0 Å². The van der Waals surface area contributed by atoms with E-state index in [-0.39, 0.29) is 23.4 Å². The molecule has 0 spiro atoms. The van der Waals surface area contributed by atoms with Gasteiger partial charge >= 0.3 is 0 Å². The lowest BCUT2D eigenvalue weighted by atomic mass is 9.98. The SMILES string of the molecule is CO.COOSc1nc(Nc2c(-c3ccnc(F)c3)ccc3c2CCC3)n(SF)n1. The van der Waals surface area contributed by atoms with Crippen LogP contribution >= 0.6 is 24.4 Å². The van der Waals surface area contributed by atoms with Gasteiger partial charge < -0.3 is 10.4 Å². The number of nitrogens with zero attached hydrogens (tertiary/aromatic N) is 4. The zero-order valence-electron chi connectivity index (χ0n) is 16.1. The fourth-order valence-electron chi connectivity index (χ4n) is 3.24. The molecule has 0 saturated heterocycles. The molecule has 0 aliphatic heterocycles. The van der Waals surface area contributed by atoms with Crippen LogP contribution in [0.1, 0.15) is 17.5 Å². The molecule has 1 aliphatic carbocycles. The van der Waals surface area contributed by atoms with E-state index in [4.69, 9.17) is 9.44 Å². The van der Waals surface area contributed by atoms with E-state index in [2.05, 4.69) is 25.3 Å². The first-order valence-corrected chi connectivity index (χ1v) is 10.2. The summed E-state index contributed by atoms with van der Waals surface area (Å²) >= 11 is 0.673. The van der Waals surface area contributed by atoms with Crippen molar-refractivity contribution in [3.05, 3.63) is 47.5 Å². The lowest BCUT2D eigenvalue weighted by Crippen LogP contribution is -2.03. The number of anilines is 2. The Hall–Kier alpha value is -2.25. The molecule has 0 unspecified atom stereocenters. The van der Waals surface area contributed by atoms with Crippen molar-refractivity contribution in [3.8, 4) is 11.1 Å². The summed E-state index contributed by atoms with van der Waals surface area (Å²) in [4.78, 5) is 12.4. The first kappa shape index (κ1) is 22.4. The van der Waals surface area contributed by atoms with Gasteiger partial charge in [-0.3, -0.25) is 0 Å². The summed E-state index contributed by atoms with van der Waals surface area (Å²) in [6.07, 6.45) is 4.26. The summed E-state index contributed by atoms with van der Waals surface area (Å²) in [5, 5.41) is 14.4. The van der Waals surface area contributed by atoms with Crippen LogP contribution in [0.15, 0.2) is 35.6 Å². The van der Waals surface area contributed by atoms with Crippen LogP contribution in [0, 0.1) is 5.95 Å². The average molecular weight is 456 g/mol. The number of hydrogen-bond acceptors (Lipinski definition) is 9. The minimum atomic E-state index is -0.568. The number of aliphatic hydroxyl groups excluding tert-OH is 1. The fourth-order valence-corrected chi connectivity index (χ4v) is 3.92. The average Bonchev–Trinajstić information content (AvgIpc) is 3.40. The van der Waals surface area contributed by atoms with Gasteiger partial charge in [0.15, 0.2) is 12.3 Å². The monoisotopic (exact) mass is 455 g/mol. The lowest BCUT2D eigenvalue weighted by molar-refractivity contribution is -0.160. The molecule has 30 heavy (non-hydrogen) atoms. The maximum absolute atomic E-state index is 13.7. The topological polar surface area (TPSA) is 94.3 Å². The molecule has 2 heterocycles. The molecule has 2 aromatic heterocycles. The molecule has 0 bridgehead atoms. The summed E-state index contributed by atoms with van der Waals surface area (Å²) in [6, 6.07) is 7.06. The third kappa shape index (κ3) is 4.90. The van der Waals surface area contributed by atoms with E-state index in [9.17, 15) is 8.28 Å². The van der Waals surface area contributed by atoms with Crippen LogP contribution in [-0.2, 0) is 22.1 Å². The van der Waals surface area contributed by atoms with Crippen LogP contribution in [0.25, 0.3) is 11.1 Å². The van der Waals surface area contributed by atoms with Crippen LogP contribution in [-0.4, -0.2) is 38.5 Å². The van der Waals surface area contributed by atoms with Crippen LogP contribution in [0.5, 0.6) is 0 Å². The third-order valence-corrected chi connectivity index (χ3v) is 5.27. The van der Waals surface area contributed by atoms with E-state index in [1.807, 2.05) is 12.1 Å². The van der Waals surface area contributed by atoms with Crippen molar-refractivity contribution >= 4 is 36.0 Å². The van der Waals surface area contributed by atoms with Crippen LogP contribution in [0.2, 0.25) is 0 Å². The fraction of sp³-hybridized carbons (Fsp3) is 0.278. The number of benzene rings is 1. The number of halogens is 2. The normalized spacial score (nSPS) is 12.3. The Kier molecular flexibility index (Phi) is 7.99. The van der Waals surface area contributed by atoms with Crippen LogP contribution in [0.3, 0.4) is 0 Å². The highest BCUT2D eigenvalue weighted by Gasteiger charge is 2.22. The van der Waals surface area contributed by atoms with Crippen molar-refractivity contribution in [1.29, 1.82) is 0 Å². The molecular formula is C18H19F2N5O3S2. The molecule has 8 nitrogen and oxygen atoms in total. The second-order valence-electron chi connectivity index (χ2n) is 5.95. The minimum Gasteiger partial charge on any atom is -0.400 e. The molecular weight excluding hydrogens is 436 g/mol. The molecule has 1 aromatic carbocycles. The molecule has 160 valence electrons. The number of hydrogen-bond donors (Lipinski definition) is 2. The van der Waals surface area contributed by atoms with Gasteiger partial charge in [-0.2, -0.15) is 13.7 Å². The molecule has 3 aromatic rings. The Labute approximate surface area is 180 Å². The highest BCUT2D eigenvalue weighted by atomic mass is 32.2. The van der Waals surface area contributed by atoms with Crippen molar-refractivity contribution in [2.75, 3.05) is 19.5 Å². The van der Waals surface area contributed by atoms with Gasteiger partial charge in [-0.15, -0.1) is 13.1 Å². The maximum Gasteiger partial charge on any atom is 0.241 e. The number of rotatable bonds is 7. The third-order valence-electron chi connectivity index (χ3n) is 4.36. The van der Waals surface area contributed by atoms with Crippen molar-refractivity contribution in [3.63, 3.8) is 0 Å². The van der Waals surface area contributed by atoms with E-state index in [0.717, 1.165) is 59.3 Å². The zero-order valence-corrected chi connectivity index (χ0v) is 17.8. The highest BCUT2D eigenvalue weighted by molar-refractivity contribution is 7.94. The van der Waals surface area contributed by atoms with E-state index >= 15 is 0 Å². The quantitative estimate of drug-likeness (QED) is 0.234. The standard InChI is InChI=1S/C17H15F2N5O2S2.CH4O/c1-25-26-27-17-22-16(24(23-17)28-19)21-15-12-4-2-3-10(12)5-6-13(15)11-7-8-20-14(18)9-11;1-2/h5-9H,2-4H2,1H3,(H,21,22,23);2H,1H3. The summed E-state index contributed by atoms with van der Waals surface area (Å²) in [5.74, 6) is -0.382. The molecule has 0 atom stereocenters. The predicted molar refractivity (Wildman–Crippen MR) is 111 cm³/mol. The number of fused-ring (bicyclic) bond motifs is 1. The minimum absolute atomic E-state index is 0.0928. The van der Waals surface area contributed by atoms with Crippen molar-refractivity contribution in [1.82, 2.24) is 19.2 Å². The molecule has 4 rings (SSSR count). The first-order valence-electron chi connectivity index (χ1n) is 8.81. The van der Waals surface area contributed by atoms with Crippen molar-refractivity contribution < 1.29 is 22.6 Å². The van der Waals surface area contributed by atoms with E-state index in [1.165, 1.54) is 24.9 Å². The number of nitrogens with one attached hydrogen (secondary N) is 1. The second kappa shape index (κ2) is 10.7. The largest absolute Gasteiger partial charge is 0.400 e. The van der Waals surface area contributed by atoms with Crippen molar-refractivity contribution in [2.45, 2.75) is 24.4 Å². The Balaban J connectivity index is 0.00000124. The molecule has 0 amide bonds. The molecule has 0 fully saturated rings. The van der Waals surface area contributed by atoms with Crippen LogP contribution < -0.4 is 5.32 Å². The summed E-state index contributed by atoms with van der Waals surface area (Å²) < 4.78 is 32.8. The van der Waals surface area contributed by atoms with E-state index in [1.54, 1.807) is 6.07 Å². The maximum atomic E-state index is 13.7. The lowest BCUT2D eigenvalue weighted by Gasteiger charge is -2.16. The Morgan fingerprint density at radius 1 is 1.23 bits per heavy atom. The number of aromatic nitrogens is 4. The predicted octanol–water partition coefficient (Wildman–Crippen LogP) is 4.29. The number of pyridine rings is 1. The number of aliphatic hydroxyl groups is 1. The van der Waals surface area contributed by atoms with Gasteiger partial charge in [0.05, 0.1) is 12.8 Å². The summed E-state index contributed by atoms with van der Waals surface area (Å²) in [5.41, 5.74) is 4.52. The Bertz CT molecular complexity index is 1010. The Morgan fingerprint density at radius 3 is 2.80 bits per heavy atom. The molecule has 1 aliphatic rings. The summed E-state index contributed by atoms with van der Waals surface area (Å²) in [6.45, 7) is 0. The van der Waals surface area contributed by atoms with Gasteiger partial charge in [-0.1, -0.05) is 12.1 Å². The van der Waals surface area contributed by atoms with Gasteiger partial charge in [0, 0.05) is 24.9 Å². The van der Waals surface area contributed by atoms with Gasteiger partial charge in [-0.25, -0.2) is 9.87 Å². The Morgan fingerprint density at radius 2 is 2.07 bits per heavy atom. The van der Waals surface area contributed by atoms with E-state index in [0.29, 0.717) is 5.56 Å². The zero-order chi connectivity index (χ0) is 21.5. The molecule has 0 saturated carbocycles. The number of aryl methyl sites for hydroxylation is 1. The highest BCUT2D eigenvalue weighted by Crippen LogP contribution is 2.39. The van der Waals surface area contributed by atoms with E-state index < -0.39 is 5.95 Å². The van der Waals surface area contributed by atoms with Gasteiger partial charge in [0.25, 0.3) is 0 Å². The molecule has 0 radical (unpaired) electrons. The first-order chi connectivity index (χ1) is 14.7.